The van der Waals surface area contributed by atoms with E-state index in [9.17, 15) is 9.59 Å². The molecule has 31 heavy (non-hydrogen) atoms. The van der Waals surface area contributed by atoms with Crippen molar-refractivity contribution in [3.8, 4) is 5.75 Å². The van der Waals surface area contributed by atoms with E-state index in [-0.39, 0.29) is 11.1 Å². The molecule has 1 aliphatic heterocycles. The van der Waals surface area contributed by atoms with Gasteiger partial charge < -0.3 is 10.1 Å². The van der Waals surface area contributed by atoms with Crippen molar-refractivity contribution >= 4 is 46.4 Å². The zero-order valence-electron chi connectivity index (χ0n) is 16.2. The molecular formula is C24H17ClN2O3S. The van der Waals surface area contributed by atoms with E-state index in [1.165, 1.54) is 0 Å². The predicted molar refractivity (Wildman–Crippen MR) is 124 cm³/mol. The van der Waals surface area contributed by atoms with Crippen LogP contribution in [-0.4, -0.2) is 17.0 Å². The fraction of sp³-hybridized carbons (Fsp3) is 0.0417. The van der Waals surface area contributed by atoms with Crippen LogP contribution in [-0.2, 0) is 11.4 Å². The number of hydrogen-bond acceptors (Lipinski definition) is 4. The molecule has 0 aromatic heterocycles. The van der Waals surface area contributed by atoms with Gasteiger partial charge in [0.25, 0.3) is 11.8 Å². The molecule has 7 heteroatoms. The number of rotatable bonds is 5. The first kappa shape index (κ1) is 20.9. The fourth-order valence-corrected chi connectivity index (χ4v) is 3.86. The van der Waals surface area contributed by atoms with Crippen LogP contribution in [0.3, 0.4) is 0 Å². The highest BCUT2D eigenvalue weighted by molar-refractivity contribution is 8.18. The summed E-state index contributed by atoms with van der Waals surface area (Å²) in [5.41, 5.74) is 2.07. The largest absolute Gasteiger partial charge is 0.488 e. The van der Waals surface area contributed by atoms with Crippen LogP contribution in [0.4, 0.5) is 0 Å². The van der Waals surface area contributed by atoms with Gasteiger partial charge in [0, 0.05) is 21.7 Å². The number of aliphatic imine (C=N–C) groups is 1. The number of carbonyl (C=O) groups is 2. The van der Waals surface area contributed by atoms with Crippen molar-refractivity contribution in [3.63, 3.8) is 0 Å². The molecule has 1 N–H and O–H groups in total. The molecule has 2 amide bonds. The Kier molecular flexibility index (Phi) is 6.50. The molecule has 0 atom stereocenters. The Morgan fingerprint density at radius 1 is 1.00 bits per heavy atom. The smallest absolute Gasteiger partial charge is 0.279 e. The van der Waals surface area contributed by atoms with Crippen molar-refractivity contribution in [3.05, 3.63) is 105 Å². The van der Waals surface area contributed by atoms with Gasteiger partial charge >= 0.3 is 0 Å². The number of carbonyl (C=O) groups excluding carboxylic acids is 2. The third kappa shape index (κ3) is 5.23. The predicted octanol–water partition coefficient (Wildman–Crippen LogP) is 5.32. The number of para-hydroxylation sites is 1. The molecule has 3 aromatic rings. The number of hydrogen-bond donors (Lipinski definition) is 1. The lowest BCUT2D eigenvalue weighted by Gasteiger charge is -2.10. The Hall–Kier alpha value is -3.35. The quantitative estimate of drug-likeness (QED) is 0.536. The molecule has 1 fully saturated rings. The van der Waals surface area contributed by atoms with Gasteiger partial charge in [-0.1, -0.05) is 66.2 Å². The van der Waals surface area contributed by atoms with Crippen LogP contribution in [0, 0.1) is 0 Å². The number of nitrogens with zero attached hydrogens (tertiary/aromatic N) is 1. The van der Waals surface area contributed by atoms with Gasteiger partial charge in [0.05, 0.1) is 4.91 Å². The number of ether oxygens (including phenoxy) is 1. The monoisotopic (exact) mass is 448 g/mol. The summed E-state index contributed by atoms with van der Waals surface area (Å²) < 4.78 is 5.94. The normalized spacial score (nSPS) is 15.8. The Morgan fingerprint density at radius 2 is 1.71 bits per heavy atom. The van der Waals surface area contributed by atoms with Crippen molar-refractivity contribution in [1.82, 2.24) is 5.32 Å². The molecule has 1 heterocycles. The van der Waals surface area contributed by atoms with E-state index in [2.05, 4.69) is 10.3 Å². The summed E-state index contributed by atoms with van der Waals surface area (Å²) in [5, 5.41) is 3.52. The second-order valence-corrected chi connectivity index (χ2v) is 8.01. The topological polar surface area (TPSA) is 67.8 Å². The Morgan fingerprint density at radius 3 is 2.52 bits per heavy atom. The van der Waals surface area contributed by atoms with E-state index in [0.29, 0.717) is 27.8 Å². The van der Waals surface area contributed by atoms with Gasteiger partial charge in [-0.05, 0) is 42.1 Å². The number of nitrogens with one attached hydrogen (secondary N) is 1. The third-order valence-corrected chi connectivity index (χ3v) is 5.70. The number of benzene rings is 3. The van der Waals surface area contributed by atoms with Gasteiger partial charge in [-0.25, -0.2) is 0 Å². The average molecular weight is 449 g/mol. The Labute approximate surface area is 188 Å². The highest BCUT2D eigenvalue weighted by Gasteiger charge is 2.25. The van der Waals surface area contributed by atoms with E-state index in [1.807, 2.05) is 54.6 Å². The number of halogens is 1. The van der Waals surface area contributed by atoms with Gasteiger partial charge in [0.1, 0.15) is 12.4 Å². The molecular weight excluding hydrogens is 432 g/mol. The van der Waals surface area contributed by atoms with Crippen LogP contribution < -0.4 is 10.1 Å². The molecule has 4 rings (SSSR count). The van der Waals surface area contributed by atoms with Crippen LogP contribution in [0.5, 0.6) is 5.75 Å². The Bertz CT molecular complexity index is 1190. The van der Waals surface area contributed by atoms with Crippen LogP contribution in [0.2, 0.25) is 5.02 Å². The first-order valence-electron chi connectivity index (χ1n) is 9.44. The average Bonchev–Trinajstić information content (AvgIpc) is 3.13. The molecule has 0 aliphatic carbocycles. The lowest BCUT2D eigenvalue weighted by Crippen LogP contribution is -2.20. The molecule has 0 unspecified atom stereocenters. The lowest BCUT2D eigenvalue weighted by atomic mass is 10.2. The van der Waals surface area contributed by atoms with Gasteiger partial charge in [-0.15, -0.1) is 0 Å². The summed E-state index contributed by atoms with van der Waals surface area (Å²) in [6, 6.07) is 23.6. The van der Waals surface area contributed by atoms with Gasteiger partial charge in [0.15, 0.2) is 5.17 Å². The summed E-state index contributed by atoms with van der Waals surface area (Å²) in [4.78, 5) is 29.1. The van der Waals surface area contributed by atoms with Crippen molar-refractivity contribution < 1.29 is 14.3 Å². The van der Waals surface area contributed by atoms with Crippen LogP contribution in [0.15, 0.2) is 88.8 Å². The number of amides is 2. The minimum Gasteiger partial charge on any atom is -0.488 e. The van der Waals surface area contributed by atoms with Crippen LogP contribution >= 0.6 is 23.4 Å². The van der Waals surface area contributed by atoms with Gasteiger partial charge in [-0.3, -0.25) is 9.59 Å². The Balaban J connectivity index is 1.51. The highest BCUT2D eigenvalue weighted by Crippen LogP contribution is 2.30. The van der Waals surface area contributed by atoms with Crippen molar-refractivity contribution in [2.75, 3.05) is 0 Å². The number of thioether (sulfide) groups is 1. The molecule has 0 saturated carbocycles. The summed E-state index contributed by atoms with van der Waals surface area (Å²) >= 11 is 7.31. The lowest BCUT2D eigenvalue weighted by molar-refractivity contribution is -0.115. The maximum Gasteiger partial charge on any atom is 0.279 e. The SMILES string of the molecule is O=C1NC(=NC(=O)c2ccccc2)S/C1=C\c1ccccc1OCc1ccccc1Cl. The molecule has 154 valence electrons. The minimum absolute atomic E-state index is 0.250. The van der Waals surface area contributed by atoms with E-state index in [0.717, 1.165) is 22.9 Å². The van der Waals surface area contributed by atoms with E-state index in [1.54, 1.807) is 30.3 Å². The first-order valence-corrected chi connectivity index (χ1v) is 10.6. The van der Waals surface area contributed by atoms with E-state index >= 15 is 0 Å². The first-order chi connectivity index (χ1) is 15.1. The zero-order chi connectivity index (χ0) is 21.6. The summed E-state index contributed by atoms with van der Waals surface area (Å²) in [5.74, 6) is -0.104. The summed E-state index contributed by atoms with van der Waals surface area (Å²) in [7, 11) is 0. The fourth-order valence-electron chi connectivity index (χ4n) is 2.86. The van der Waals surface area contributed by atoms with Gasteiger partial charge in [-0.2, -0.15) is 4.99 Å². The highest BCUT2D eigenvalue weighted by atomic mass is 35.5. The molecule has 1 aliphatic rings. The van der Waals surface area contributed by atoms with E-state index < -0.39 is 5.91 Å². The second kappa shape index (κ2) is 9.64. The molecule has 1 saturated heterocycles. The van der Waals surface area contributed by atoms with Crippen LogP contribution in [0.25, 0.3) is 6.08 Å². The van der Waals surface area contributed by atoms with Gasteiger partial charge in [0.2, 0.25) is 0 Å². The summed E-state index contributed by atoms with van der Waals surface area (Å²) in [6.07, 6.45) is 1.72. The molecule has 5 nitrogen and oxygen atoms in total. The minimum atomic E-state index is -0.409. The molecule has 3 aromatic carbocycles. The van der Waals surface area contributed by atoms with Crippen molar-refractivity contribution in [2.45, 2.75) is 6.61 Å². The van der Waals surface area contributed by atoms with Crippen molar-refractivity contribution in [1.29, 1.82) is 0 Å². The summed E-state index contributed by atoms with van der Waals surface area (Å²) in [6.45, 7) is 0.303. The molecule has 0 radical (unpaired) electrons. The van der Waals surface area contributed by atoms with Crippen LogP contribution in [0.1, 0.15) is 21.5 Å². The maximum absolute atomic E-state index is 12.4. The maximum atomic E-state index is 12.4. The second-order valence-electron chi connectivity index (χ2n) is 6.57. The zero-order valence-corrected chi connectivity index (χ0v) is 17.8. The number of amidine groups is 1. The van der Waals surface area contributed by atoms with Crippen molar-refractivity contribution in [2.24, 2.45) is 4.99 Å². The third-order valence-electron chi connectivity index (χ3n) is 4.42. The molecule has 0 spiro atoms. The standard InChI is InChI=1S/C24H17ClN2O3S/c25-19-12-6-4-11-18(19)15-30-20-13-7-5-10-17(20)14-21-23(29)27-24(31-21)26-22(28)16-8-2-1-3-9-16/h1-14H,15H2,(H,26,27,28,29)/b21-14-. The van der Waals surface area contributed by atoms with E-state index in [4.69, 9.17) is 16.3 Å². The molecule has 0 bridgehead atoms.